The minimum Gasteiger partial charge on any atom is -0.394 e. The fourth-order valence-electron chi connectivity index (χ4n) is 3.19. The second kappa shape index (κ2) is 22.9. The second-order valence-corrected chi connectivity index (χ2v) is 7.70. The van der Waals surface area contributed by atoms with Gasteiger partial charge in [-0.25, -0.2) is 0 Å². The Morgan fingerprint density at radius 2 is 1.00 bits per heavy atom. The van der Waals surface area contributed by atoms with E-state index < -0.39 is 0 Å². The Kier molecular flexibility index (Phi) is 22.8. The monoisotopic (exact) mass is 372 g/mol. The SMILES string of the molecule is CCCCCCCCCCOC[C@H](CO)OCCCCCCCCCC. The van der Waals surface area contributed by atoms with Gasteiger partial charge in [-0.2, -0.15) is 0 Å². The Hall–Kier alpha value is -0.120. The van der Waals surface area contributed by atoms with E-state index in [0.717, 1.165) is 26.1 Å². The summed E-state index contributed by atoms with van der Waals surface area (Å²) in [7, 11) is 0. The third-order valence-electron chi connectivity index (χ3n) is 5.00. The summed E-state index contributed by atoms with van der Waals surface area (Å²) < 4.78 is 11.4. The molecule has 0 bridgehead atoms. The van der Waals surface area contributed by atoms with Crippen LogP contribution < -0.4 is 0 Å². The van der Waals surface area contributed by atoms with Gasteiger partial charge in [0, 0.05) is 13.2 Å². The first-order chi connectivity index (χ1) is 12.8. The maximum Gasteiger partial charge on any atom is 0.104 e. The fraction of sp³-hybridized carbons (Fsp3) is 1.00. The molecule has 0 aliphatic carbocycles. The van der Waals surface area contributed by atoms with Crippen molar-refractivity contribution in [3.05, 3.63) is 0 Å². The summed E-state index contributed by atoms with van der Waals surface area (Å²) in [4.78, 5) is 0. The van der Waals surface area contributed by atoms with Crippen molar-refractivity contribution in [3.63, 3.8) is 0 Å². The van der Waals surface area contributed by atoms with Crippen LogP contribution in [0.1, 0.15) is 117 Å². The fourth-order valence-corrected chi connectivity index (χ4v) is 3.19. The van der Waals surface area contributed by atoms with Crippen molar-refractivity contribution < 1.29 is 14.6 Å². The third kappa shape index (κ3) is 20.2. The summed E-state index contributed by atoms with van der Waals surface area (Å²) >= 11 is 0. The molecule has 0 radical (unpaired) electrons. The zero-order chi connectivity index (χ0) is 19.1. The van der Waals surface area contributed by atoms with E-state index in [1.165, 1.54) is 89.9 Å². The van der Waals surface area contributed by atoms with Crippen molar-refractivity contribution in [1.29, 1.82) is 0 Å². The summed E-state index contributed by atoms with van der Waals surface area (Å²) in [6.07, 6.45) is 20.9. The van der Waals surface area contributed by atoms with Crippen molar-refractivity contribution in [3.8, 4) is 0 Å². The van der Waals surface area contributed by atoms with Gasteiger partial charge in [-0.3, -0.25) is 0 Å². The van der Waals surface area contributed by atoms with E-state index in [0.29, 0.717) is 6.61 Å². The van der Waals surface area contributed by atoms with E-state index in [1.807, 2.05) is 0 Å². The van der Waals surface area contributed by atoms with Crippen molar-refractivity contribution >= 4 is 0 Å². The molecule has 3 heteroatoms. The topological polar surface area (TPSA) is 38.7 Å². The zero-order valence-corrected chi connectivity index (χ0v) is 18.0. The van der Waals surface area contributed by atoms with Crippen LogP contribution >= 0.6 is 0 Å². The van der Waals surface area contributed by atoms with Gasteiger partial charge in [0.15, 0.2) is 0 Å². The zero-order valence-electron chi connectivity index (χ0n) is 18.0. The highest BCUT2D eigenvalue weighted by molar-refractivity contribution is 4.55. The molecule has 3 nitrogen and oxygen atoms in total. The van der Waals surface area contributed by atoms with Crippen molar-refractivity contribution in [2.45, 2.75) is 123 Å². The van der Waals surface area contributed by atoms with E-state index >= 15 is 0 Å². The van der Waals surface area contributed by atoms with Crippen LogP contribution in [0.15, 0.2) is 0 Å². The lowest BCUT2D eigenvalue weighted by molar-refractivity contribution is -0.0437. The first-order valence-corrected chi connectivity index (χ1v) is 11.6. The van der Waals surface area contributed by atoms with Gasteiger partial charge in [-0.1, -0.05) is 104 Å². The van der Waals surface area contributed by atoms with Gasteiger partial charge in [-0.15, -0.1) is 0 Å². The van der Waals surface area contributed by atoms with E-state index in [1.54, 1.807) is 0 Å². The van der Waals surface area contributed by atoms with Gasteiger partial charge in [0.1, 0.15) is 6.10 Å². The van der Waals surface area contributed by atoms with Crippen LogP contribution in [0.3, 0.4) is 0 Å². The minimum atomic E-state index is -0.145. The average molecular weight is 373 g/mol. The maximum absolute atomic E-state index is 9.39. The molecule has 0 saturated carbocycles. The Balaban J connectivity index is 3.28. The van der Waals surface area contributed by atoms with E-state index in [-0.39, 0.29) is 12.7 Å². The molecule has 0 fully saturated rings. The van der Waals surface area contributed by atoms with Gasteiger partial charge >= 0.3 is 0 Å². The average Bonchev–Trinajstić information content (AvgIpc) is 2.66. The van der Waals surface area contributed by atoms with Gasteiger partial charge in [0.25, 0.3) is 0 Å². The smallest absolute Gasteiger partial charge is 0.104 e. The number of hydrogen-bond acceptors (Lipinski definition) is 3. The molecule has 0 aliphatic heterocycles. The van der Waals surface area contributed by atoms with Gasteiger partial charge < -0.3 is 14.6 Å². The van der Waals surface area contributed by atoms with Gasteiger partial charge in [0.05, 0.1) is 13.2 Å². The first-order valence-electron chi connectivity index (χ1n) is 11.6. The van der Waals surface area contributed by atoms with E-state index in [4.69, 9.17) is 9.47 Å². The molecule has 26 heavy (non-hydrogen) atoms. The number of aliphatic hydroxyl groups excluding tert-OH is 1. The number of hydrogen-bond donors (Lipinski definition) is 1. The molecule has 0 aromatic heterocycles. The third-order valence-corrected chi connectivity index (χ3v) is 5.00. The predicted octanol–water partition coefficient (Wildman–Crippen LogP) is 6.66. The minimum absolute atomic E-state index is 0.0639. The van der Waals surface area contributed by atoms with Crippen LogP contribution in [0.25, 0.3) is 0 Å². The summed E-state index contributed by atoms with van der Waals surface area (Å²) in [6, 6.07) is 0. The van der Waals surface area contributed by atoms with Crippen molar-refractivity contribution in [1.82, 2.24) is 0 Å². The molecule has 0 aliphatic rings. The van der Waals surface area contributed by atoms with Crippen LogP contribution in [-0.2, 0) is 9.47 Å². The Morgan fingerprint density at radius 3 is 1.46 bits per heavy atom. The van der Waals surface area contributed by atoms with E-state index in [2.05, 4.69) is 13.8 Å². The molecule has 0 aromatic rings. The largest absolute Gasteiger partial charge is 0.394 e. The molecular weight excluding hydrogens is 324 g/mol. The molecule has 0 unspecified atom stereocenters. The normalized spacial score (nSPS) is 12.6. The van der Waals surface area contributed by atoms with Crippen LogP contribution in [0.5, 0.6) is 0 Å². The molecule has 1 atom stereocenters. The maximum atomic E-state index is 9.39. The number of rotatable bonds is 22. The highest BCUT2D eigenvalue weighted by Crippen LogP contribution is 2.10. The van der Waals surface area contributed by atoms with E-state index in [9.17, 15) is 5.11 Å². The molecule has 0 saturated heterocycles. The summed E-state index contributed by atoms with van der Waals surface area (Å²) in [5.41, 5.74) is 0. The standard InChI is InChI=1S/C23H48O3/c1-3-5-7-9-11-13-15-17-19-25-22-23(21-24)26-20-18-16-14-12-10-8-6-4-2/h23-24H,3-22H2,1-2H3/t23-/m0/s1. The number of unbranched alkanes of at least 4 members (excludes halogenated alkanes) is 14. The highest BCUT2D eigenvalue weighted by Gasteiger charge is 2.07. The Bertz CT molecular complexity index is 246. The second-order valence-electron chi connectivity index (χ2n) is 7.70. The lowest BCUT2D eigenvalue weighted by atomic mass is 10.1. The summed E-state index contributed by atoms with van der Waals surface area (Å²) in [5, 5.41) is 9.39. The number of ether oxygens (including phenoxy) is 2. The first kappa shape index (κ1) is 25.9. The molecular formula is C23H48O3. The predicted molar refractivity (Wildman–Crippen MR) is 113 cm³/mol. The molecule has 0 amide bonds. The van der Waals surface area contributed by atoms with Crippen LogP contribution in [0.4, 0.5) is 0 Å². The lowest BCUT2D eigenvalue weighted by Gasteiger charge is -2.15. The van der Waals surface area contributed by atoms with Crippen molar-refractivity contribution in [2.75, 3.05) is 26.4 Å². The molecule has 1 N–H and O–H groups in total. The van der Waals surface area contributed by atoms with Gasteiger partial charge in [0.2, 0.25) is 0 Å². The molecule has 0 heterocycles. The molecule has 158 valence electrons. The van der Waals surface area contributed by atoms with Crippen LogP contribution in [0, 0.1) is 0 Å². The number of aliphatic hydroxyl groups is 1. The van der Waals surface area contributed by atoms with Crippen LogP contribution in [0.2, 0.25) is 0 Å². The van der Waals surface area contributed by atoms with Gasteiger partial charge in [-0.05, 0) is 12.8 Å². The Morgan fingerprint density at radius 1 is 0.577 bits per heavy atom. The molecule has 0 rings (SSSR count). The summed E-state index contributed by atoms with van der Waals surface area (Å²) in [5.74, 6) is 0. The Labute approximate surface area is 164 Å². The summed E-state index contributed by atoms with van der Waals surface area (Å²) in [6.45, 7) is 6.66. The highest BCUT2D eigenvalue weighted by atomic mass is 16.5. The molecule has 0 aromatic carbocycles. The van der Waals surface area contributed by atoms with Crippen LogP contribution in [-0.4, -0.2) is 37.6 Å². The van der Waals surface area contributed by atoms with Crippen molar-refractivity contribution in [2.24, 2.45) is 0 Å². The molecule has 0 spiro atoms. The lowest BCUT2D eigenvalue weighted by Crippen LogP contribution is -2.24. The quantitative estimate of drug-likeness (QED) is 0.216.